The summed E-state index contributed by atoms with van der Waals surface area (Å²) in [6, 6.07) is 0.569. The third kappa shape index (κ3) is 6.69. The van der Waals surface area contributed by atoms with E-state index in [4.69, 9.17) is 0 Å². The molecule has 9 nitrogen and oxygen atoms in total. The van der Waals surface area contributed by atoms with Gasteiger partial charge in [-0.25, -0.2) is 0 Å². The Morgan fingerprint density at radius 1 is 0.763 bits per heavy atom. The maximum Gasteiger partial charge on any atom is 0.458 e. The van der Waals surface area contributed by atoms with E-state index in [1.165, 1.54) is 0 Å². The molecular formula is C14H5Cl2F13N2O7. The number of alkyl halides is 15. The van der Waals surface area contributed by atoms with Crippen LogP contribution in [0, 0.1) is 20.2 Å². The van der Waals surface area contributed by atoms with Gasteiger partial charge in [-0.05, 0) is 29.3 Å². The number of halogens is 15. The number of hydrogen-bond acceptors (Lipinski definition) is 7. The Hall–Kier alpha value is -2.59. The number of nitrogens with zero attached hydrogens (tertiary/aromatic N) is 2. The quantitative estimate of drug-likeness (QED) is 0.110. The molecule has 0 amide bonds. The fourth-order valence-corrected chi connectivity index (χ4v) is 2.09. The van der Waals surface area contributed by atoms with Crippen molar-refractivity contribution in [1.29, 1.82) is 0 Å². The van der Waals surface area contributed by atoms with Gasteiger partial charge in [0.05, 0.1) is 15.9 Å². The molecule has 0 heterocycles. The van der Waals surface area contributed by atoms with E-state index >= 15 is 0 Å². The van der Waals surface area contributed by atoms with Gasteiger partial charge in [0.1, 0.15) is 0 Å². The molecule has 0 saturated carbocycles. The van der Waals surface area contributed by atoms with Gasteiger partial charge in [-0.15, -0.1) is 0 Å². The van der Waals surface area contributed by atoms with Crippen LogP contribution in [0.25, 0.3) is 0 Å². The van der Waals surface area contributed by atoms with Crippen molar-refractivity contribution in [1.82, 2.24) is 0 Å². The zero-order valence-electron chi connectivity index (χ0n) is 16.9. The number of nitro benzene ring substituents is 2. The maximum absolute atomic E-state index is 14.1. The first-order valence-corrected chi connectivity index (χ1v) is 9.17. The van der Waals surface area contributed by atoms with E-state index in [-0.39, 0.29) is 12.1 Å². The van der Waals surface area contributed by atoms with E-state index in [1.807, 2.05) is 4.74 Å². The highest BCUT2D eigenvalue weighted by Crippen LogP contribution is 2.55. The standard InChI is InChI=1S/C14H5Cl2F13N2O7/c15-10(20,21)11(16,22)38-14(28,29)9(19,12(23,24)25)37-13(26,27)8(17,18)4-36-7-2-1-5(30(32)33)3-6(7)31(34)35/h1-3H,4H2. The summed E-state index contributed by atoms with van der Waals surface area (Å²) >= 11 is 7.86. The van der Waals surface area contributed by atoms with Crippen molar-refractivity contribution in [2.75, 3.05) is 6.61 Å². The molecule has 0 aliphatic heterocycles. The third-order valence-electron chi connectivity index (χ3n) is 3.78. The van der Waals surface area contributed by atoms with Gasteiger partial charge in [-0.1, -0.05) is 0 Å². The number of ether oxygens (including phenoxy) is 3. The molecule has 0 fully saturated rings. The lowest BCUT2D eigenvalue weighted by Crippen LogP contribution is -2.65. The van der Waals surface area contributed by atoms with E-state index < -0.39 is 74.4 Å². The first-order chi connectivity index (χ1) is 16.6. The molecule has 2 unspecified atom stereocenters. The van der Waals surface area contributed by atoms with Crippen molar-refractivity contribution < 1.29 is 81.1 Å². The van der Waals surface area contributed by atoms with Gasteiger partial charge in [0, 0.05) is 6.07 Å². The molecule has 1 rings (SSSR count). The van der Waals surface area contributed by atoms with Crippen LogP contribution in [0.4, 0.5) is 68.5 Å². The zero-order chi connectivity index (χ0) is 30.3. The molecule has 0 spiro atoms. The average molecular weight is 631 g/mol. The van der Waals surface area contributed by atoms with Crippen molar-refractivity contribution in [3.8, 4) is 5.75 Å². The second kappa shape index (κ2) is 10.2. The van der Waals surface area contributed by atoms with Crippen molar-refractivity contribution in [3.63, 3.8) is 0 Å². The lowest BCUT2D eigenvalue weighted by atomic mass is 10.2. The smallest absolute Gasteiger partial charge is 0.458 e. The number of rotatable bonds is 12. The van der Waals surface area contributed by atoms with E-state index in [0.29, 0.717) is 6.07 Å². The summed E-state index contributed by atoms with van der Waals surface area (Å²) in [4.78, 5) is 18.7. The molecule has 38 heavy (non-hydrogen) atoms. The topological polar surface area (TPSA) is 114 Å². The SMILES string of the molecule is O=[N+]([O-])c1ccc(OCC(F)(F)C(F)(F)OC(F)(C(F)(F)F)C(F)(F)OC(F)(Cl)C(F)(F)Cl)c([N+](=O)[O-])c1. The van der Waals surface area contributed by atoms with Crippen LogP contribution in [0.2, 0.25) is 0 Å². The molecule has 0 bridgehead atoms. The van der Waals surface area contributed by atoms with Crippen molar-refractivity contribution in [3.05, 3.63) is 38.4 Å². The van der Waals surface area contributed by atoms with Crippen LogP contribution in [-0.4, -0.2) is 57.3 Å². The Morgan fingerprint density at radius 2 is 1.26 bits per heavy atom. The third-order valence-corrected chi connectivity index (χ3v) is 4.43. The highest BCUT2D eigenvalue weighted by Gasteiger charge is 2.82. The van der Waals surface area contributed by atoms with Crippen LogP contribution < -0.4 is 4.74 Å². The molecule has 1 aromatic rings. The molecule has 218 valence electrons. The lowest BCUT2D eigenvalue weighted by molar-refractivity contribution is -0.531. The fraction of sp³-hybridized carbons (Fsp3) is 0.571. The molecule has 1 aromatic carbocycles. The molecule has 2 atom stereocenters. The van der Waals surface area contributed by atoms with E-state index in [1.54, 1.807) is 0 Å². The van der Waals surface area contributed by atoms with Crippen LogP contribution in [0.3, 0.4) is 0 Å². The van der Waals surface area contributed by atoms with E-state index in [2.05, 4.69) is 32.7 Å². The summed E-state index contributed by atoms with van der Waals surface area (Å²) < 4.78 is 182. The first kappa shape index (κ1) is 33.4. The lowest BCUT2D eigenvalue weighted by Gasteiger charge is -2.39. The highest BCUT2D eigenvalue weighted by molar-refractivity contribution is 6.31. The predicted molar refractivity (Wildman–Crippen MR) is 92.6 cm³/mol. The van der Waals surface area contributed by atoms with Crippen LogP contribution >= 0.6 is 23.2 Å². The largest absolute Gasteiger partial charge is 0.480 e. The van der Waals surface area contributed by atoms with Crippen LogP contribution in [0.1, 0.15) is 0 Å². The van der Waals surface area contributed by atoms with E-state index in [9.17, 15) is 77.3 Å². The van der Waals surface area contributed by atoms with Gasteiger partial charge in [0.2, 0.25) is 0 Å². The molecular weight excluding hydrogens is 626 g/mol. The number of non-ortho nitro benzene ring substituents is 1. The summed E-state index contributed by atoms with van der Waals surface area (Å²) in [5, 5.41) is 9.61. The minimum atomic E-state index is -7.58. The van der Waals surface area contributed by atoms with E-state index in [0.717, 1.165) is 0 Å². The molecule has 0 radical (unpaired) electrons. The summed E-state index contributed by atoms with van der Waals surface area (Å²) in [6.45, 7) is -3.03. The Morgan fingerprint density at radius 3 is 1.66 bits per heavy atom. The monoisotopic (exact) mass is 630 g/mol. The predicted octanol–water partition coefficient (Wildman–Crippen LogP) is 6.66. The Bertz CT molecular complexity index is 1070. The van der Waals surface area contributed by atoms with Gasteiger partial charge in [0.15, 0.2) is 12.4 Å². The van der Waals surface area contributed by atoms with Gasteiger partial charge in [0.25, 0.3) is 5.69 Å². The van der Waals surface area contributed by atoms with Gasteiger partial charge in [-0.3, -0.25) is 29.7 Å². The minimum Gasteiger partial charge on any atom is -0.480 e. The first-order valence-electron chi connectivity index (χ1n) is 8.41. The molecule has 0 saturated heterocycles. The second-order valence-corrected chi connectivity index (χ2v) is 7.47. The molecule has 0 N–H and O–H groups in total. The fourth-order valence-electron chi connectivity index (χ4n) is 1.95. The van der Waals surface area contributed by atoms with Crippen molar-refractivity contribution >= 4 is 34.6 Å². The Labute approximate surface area is 208 Å². The minimum absolute atomic E-state index is 0.0538. The Balaban J connectivity index is 3.39. The zero-order valence-corrected chi connectivity index (χ0v) is 18.4. The van der Waals surface area contributed by atoms with Gasteiger partial charge in [-0.2, -0.15) is 57.1 Å². The highest BCUT2D eigenvalue weighted by atomic mass is 35.5. The Kier molecular flexibility index (Phi) is 8.96. The molecule has 0 aliphatic rings. The van der Waals surface area contributed by atoms with Crippen molar-refractivity contribution in [2.24, 2.45) is 0 Å². The normalized spacial score (nSPS) is 16.9. The second-order valence-electron chi connectivity index (χ2n) is 6.50. The average Bonchev–Trinajstić information content (AvgIpc) is 2.68. The number of hydrogen-bond donors (Lipinski definition) is 0. The molecule has 0 aliphatic carbocycles. The van der Waals surface area contributed by atoms with Gasteiger partial charge < -0.3 is 4.74 Å². The van der Waals surface area contributed by atoms with Crippen LogP contribution in [0.15, 0.2) is 18.2 Å². The number of benzene rings is 1. The van der Waals surface area contributed by atoms with Crippen LogP contribution in [-0.2, 0) is 9.47 Å². The molecule has 24 heteroatoms. The summed E-state index contributed by atoms with van der Waals surface area (Å²) in [5.74, 6) is -15.4. The summed E-state index contributed by atoms with van der Waals surface area (Å²) in [7, 11) is 0. The summed E-state index contributed by atoms with van der Waals surface area (Å²) in [5.41, 5.74) is -2.61. The van der Waals surface area contributed by atoms with Gasteiger partial charge >= 0.3 is 46.6 Å². The molecule has 0 aromatic heterocycles. The van der Waals surface area contributed by atoms with Crippen molar-refractivity contribution in [2.45, 2.75) is 40.9 Å². The number of nitro groups is 2. The summed E-state index contributed by atoms with van der Waals surface area (Å²) in [6.07, 6.45) is -22.0. The maximum atomic E-state index is 14.1. The van der Waals surface area contributed by atoms with Crippen LogP contribution in [0.5, 0.6) is 5.75 Å².